The van der Waals surface area contributed by atoms with Gasteiger partial charge in [0.05, 0.1) is 23.4 Å². The summed E-state index contributed by atoms with van der Waals surface area (Å²) >= 11 is 3.61. The van der Waals surface area contributed by atoms with E-state index in [-0.39, 0.29) is 14.8 Å². The topological polar surface area (TPSA) is 98.2 Å². The zero-order valence-electron chi connectivity index (χ0n) is 13.6. The van der Waals surface area contributed by atoms with Crippen LogP contribution in [0.15, 0.2) is 45.2 Å². The van der Waals surface area contributed by atoms with Crippen LogP contribution in [0.3, 0.4) is 0 Å². The van der Waals surface area contributed by atoms with Crippen LogP contribution in [0.2, 0.25) is 0 Å². The maximum atomic E-state index is 12.6. The number of sulfonamides is 1. The van der Waals surface area contributed by atoms with Crippen LogP contribution < -0.4 is 4.72 Å². The smallest absolute Gasteiger partial charge is 0.350 e. The molecule has 26 heavy (non-hydrogen) atoms. The maximum Gasteiger partial charge on any atom is 0.350 e. The van der Waals surface area contributed by atoms with Crippen LogP contribution in [0, 0.1) is 0 Å². The standard InChI is InChI=1S/C15H13N3O4S4/c1-22-14(19)13-10(6-8-24-13)18-26(20,21)12-4-3-11(25-12)9-5-7-16-15(17-9)23-2/h3-8,18H,1-2H3. The Morgan fingerprint density at radius 2 is 2.08 bits per heavy atom. The number of hydrogen-bond donors (Lipinski definition) is 1. The van der Waals surface area contributed by atoms with E-state index in [4.69, 9.17) is 0 Å². The number of hydrogen-bond acceptors (Lipinski definition) is 9. The average Bonchev–Trinajstić information content (AvgIpc) is 3.30. The number of thiophene rings is 2. The molecule has 0 radical (unpaired) electrons. The molecule has 11 heteroatoms. The molecule has 136 valence electrons. The maximum absolute atomic E-state index is 12.6. The number of esters is 1. The molecule has 0 amide bonds. The zero-order valence-corrected chi connectivity index (χ0v) is 16.9. The predicted octanol–water partition coefficient (Wildman–Crippen LogP) is 3.58. The molecule has 0 aliphatic carbocycles. The molecule has 0 bridgehead atoms. The fraction of sp³-hybridized carbons (Fsp3) is 0.133. The lowest BCUT2D eigenvalue weighted by Gasteiger charge is -2.06. The Morgan fingerprint density at radius 1 is 1.27 bits per heavy atom. The molecule has 0 aromatic carbocycles. The molecule has 3 heterocycles. The van der Waals surface area contributed by atoms with Crippen molar-refractivity contribution in [2.24, 2.45) is 0 Å². The third kappa shape index (κ3) is 3.90. The number of thioether (sulfide) groups is 1. The Balaban J connectivity index is 1.88. The molecule has 0 aliphatic heterocycles. The van der Waals surface area contributed by atoms with Crippen molar-refractivity contribution in [3.05, 3.63) is 40.7 Å². The first-order valence-corrected chi connectivity index (χ1v) is 11.5. The van der Waals surface area contributed by atoms with E-state index in [2.05, 4.69) is 19.4 Å². The van der Waals surface area contributed by atoms with Crippen molar-refractivity contribution in [3.8, 4) is 10.6 Å². The van der Waals surface area contributed by atoms with Crippen molar-refractivity contribution < 1.29 is 17.9 Å². The fourth-order valence-electron chi connectivity index (χ4n) is 2.01. The highest BCUT2D eigenvalue weighted by atomic mass is 32.2. The lowest BCUT2D eigenvalue weighted by atomic mass is 10.3. The summed E-state index contributed by atoms with van der Waals surface area (Å²) in [6.45, 7) is 0. The molecule has 0 saturated carbocycles. The average molecular weight is 428 g/mol. The number of carbonyl (C=O) groups is 1. The second-order valence-corrected chi connectivity index (χ2v) is 9.49. The molecule has 0 aliphatic rings. The van der Waals surface area contributed by atoms with Crippen LogP contribution in [0.25, 0.3) is 10.6 Å². The first-order valence-electron chi connectivity index (χ1n) is 7.10. The third-order valence-electron chi connectivity index (χ3n) is 3.20. The Hall–Kier alpha value is -1.95. The molecular weight excluding hydrogens is 414 g/mol. The number of anilines is 1. The molecular formula is C15H13N3O4S4. The van der Waals surface area contributed by atoms with Crippen molar-refractivity contribution in [1.82, 2.24) is 9.97 Å². The molecule has 0 unspecified atom stereocenters. The minimum atomic E-state index is -3.83. The molecule has 0 saturated heterocycles. The number of carbonyl (C=O) groups excluding carboxylic acids is 1. The van der Waals surface area contributed by atoms with Crippen molar-refractivity contribution in [2.75, 3.05) is 18.1 Å². The number of nitrogens with zero attached hydrogens (tertiary/aromatic N) is 2. The number of nitrogens with one attached hydrogen (secondary N) is 1. The largest absolute Gasteiger partial charge is 0.465 e. The van der Waals surface area contributed by atoms with Gasteiger partial charge in [0.1, 0.15) is 9.09 Å². The summed E-state index contributed by atoms with van der Waals surface area (Å²) in [7, 11) is -2.59. The second kappa shape index (κ2) is 7.74. The van der Waals surface area contributed by atoms with E-state index in [0.29, 0.717) is 15.7 Å². The summed E-state index contributed by atoms with van der Waals surface area (Å²) in [5.74, 6) is -0.588. The summed E-state index contributed by atoms with van der Waals surface area (Å²) in [5.41, 5.74) is 0.852. The van der Waals surface area contributed by atoms with Crippen molar-refractivity contribution in [2.45, 2.75) is 9.37 Å². The van der Waals surface area contributed by atoms with Gasteiger partial charge in [-0.15, -0.1) is 22.7 Å². The van der Waals surface area contributed by atoms with Crippen LogP contribution in [-0.2, 0) is 14.8 Å². The summed E-state index contributed by atoms with van der Waals surface area (Å²) in [6, 6.07) is 6.45. The first-order chi connectivity index (χ1) is 12.4. The summed E-state index contributed by atoms with van der Waals surface area (Å²) in [5, 5.41) is 2.23. The highest BCUT2D eigenvalue weighted by molar-refractivity contribution is 7.98. The van der Waals surface area contributed by atoms with Gasteiger partial charge in [0.2, 0.25) is 0 Å². The van der Waals surface area contributed by atoms with E-state index < -0.39 is 16.0 Å². The third-order valence-corrected chi connectivity index (χ3v) is 7.62. The van der Waals surface area contributed by atoms with Crippen molar-refractivity contribution in [3.63, 3.8) is 0 Å². The van der Waals surface area contributed by atoms with Crippen LogP contribution in [-0.4, -0.2) is 37.7 Å². The van der Waals surface area contributed by atoms with E-state index in [1.165, 1.54) is 31.0 Å². The van der Waals surface area contributed by atoms with Gasteiger partial charge in [-0.25, -0.2) is 23.2 Å². The zero-order chi connectivity index (χ0) is 18.7. The van der Waals surface area contributed by atoms with Crippen LogP contribution in [0.5, 0.6) is 0 Å². The van der Waals surface area contributed by atoms with E-state index in [9.17, 15) is 13.2 Å². The molecule has 0 spiro atoms. The van der Waals surface area contributed by atoms with E-state index in [0.717, 1.165) is 22.7 Å². The van der Waals surface area contributed by atoms with Gasteiger partial charge in [-0.3, -0.25) is 4.72 Å². The van der Waals surface area contributed by atoms with Gasteiger partial charge < -0.3 is 4.74 Å². The van der Waals surface area contributed by atoms with E-state index in [1.807, 2.05) is 6.26 Å². The van der Waals surface area contributed by atoms with Gasteiger partial charge in [-0.2, -0.15) is 0 Å². The Kier molecular flexibility index (Phi) is 5.61. The number of ether oxygens (including phenoxy) is 1. The van der Waals surface area contributed by atoms with Gasteiger partial charge in [0.25, 0.3) is 10.0 Å². The predicted molar refractivity (Wildman–Crippen MR) is 104 cm³/mol. The second-order valence-electron chi connectivity index (χ2n) is 4.81. The molecule has 1 N–H and O–H groups in total. The summed E-state index contributed by atoms with van der Waals surface area (Å²) in [6.07, 6.45) is 3.50. The number of aromatic nitrogens is 2. The molecule has 0 atom stereocenters. The summed E-state index contributed by atoms with van der Waals surface area (Å²) < 4.78 is 32.5. The molecule has 0 fully saturated rings. The monoisotopic (exact) mass is 427 g/mol. The lowest BCUT2D eigenvalue weighted by Crippen LogP contribution is -2.13. The van der Waals surface area contributed by atoms with Gasteiger partial charge in [-0.1, -0.05) is 11.8 Å². The Bertz CT molecular complexity index is 1040. The molecule has 3 aromatic rings. The quantitative estimate of drug-likeness (QED) is 0.365. The minimum Gasteiger partial charge on any atom is -0.465 e. The SMILES string of the molecule is COC(=O)c1sccc1NS(=O)(=O)c1ccc(-c2ccnc(SC)n2)s1. The first kappa shape index (κ1) is 18.8. The van der Waals surface area contributed by atoms with E-state index in [1.54, 1.807) is 23.7 Å². The highest BCUT2D eigenvalue weighted by Gasteiger charge is 2.22. The number of methoxy groups -OCH3 is 1. The van der Waals surface area contributed by atoms with Gasteiger partial charge >= 0.3 is 5.97 Å². The normalized spacial score (nSPS) is 11.3. The summed E-state index contributed by atoms with van der Waals surface area (Å²) in [4.78, 5) is 21.1. The fourth-order valence-corrected chi connectivity index (χ4v) is 5.55. The highest BCUT2D eigenvalue weighted by Crippen LogP contribution is 2.32. The van der Waals surface area contributed by atoms with Gasteiger partial charge in [-0.05, 0) is 35.9 Å². The Labute approximate surface area is 162 Å². The Morgan fingerprint density at radius 3 is 2.81 bits per heavy atom. The van der Waals surface area contributed by atoms with Crippen LogP contribution in [0.1, 0.15) is 9.67 Å². The van der Waals surface area contributed by atoms with Crippen LogP contribution in [0.4, 0.5) is 5.69 Å². The molecule has 7 nitrogen and oxygen atoms in total. The van der Waals surface area contributed by atoms with Gasteiger partial charge in [0, 0.05) is 6.20 Å². The van der Waals surface area contributed by atoms with Crippen molar-refractivity contribution >= 4 is 56.1 Å². The van der Waals surface area contributed by atoms with Crippen molar-refractivity contribution in [1.29, 1.82) is 0 Å². The number of rotatable bonds is 6. The van der Waals surface area contributed by atoms with Crippen LogP contribution >= 0.6 is 34.4 Å². The van der Waals surface area contributed by atoms with Gasteiger partial charge in [0.15, 0.2) is 5.16 Å². The molecule has 3 rings (SSSR count). The van der Waals surface area contributed by atoms with E-state index >= 15 is 0 Å². The molecule has 3 aromatic heterocycles. The lowest BCUT2D eigenvalue weighted by molar-refractivity contribution is 0.0607. The minimum absolute atomic E-state index is 0.124.